The molecule has 1 aromatic heterocycles. The highest BCUT2D eigenvalue weighted by Gasteiger charge is 2.13. The van der Waals surface area contributed by atoms with E-state index < -0.39 is 4.92 Å². The Labute approximate surface area is 113 Å². The molecule has 0 fully saturated rings. The van der Waals surface area contributed by atoms with Gasteiger partial charge in [-0.05, 0) is 12.1 Å². The Kier molecular flexibility index (Phi) is 4.11. The van der Waals surface area contributed by atoms with Crippen molar-refractivity contribution in [1.29, 1.82) is 0 Å². The van der Waals surface area contributed by atoms with Gasteiger partial charge in [-0.1, -0.05) is 11.6 Å². The molecule has 0 bridgehead atoms. The van der Waals surface area contributed by atoms with Crippen molar-refractivity contribution in [3.63, 3.8) is 0 Å². The predicted molar refractivity (Wildman–Crippen MR) is 72.4 cm³/mol. The third-order valence-electron chi connectivity index (χ3n) is 2.34. The van der Waals surface area contributed by atoms with Gasteiger partial charge < -0.3 is 5.32 Å². The monoisotopic (exact) mass is 283 g/mol. The SMILES string of the molecule is O=[N+]([O-])c1cc(Cl)ccc1NCCc1cscn1. The molecule has 0 radical (unpaired) electrons. The Morgan fingerprint density at radius 2 is 2.33 bits per heavy atom. The molecule has 7 heteroatoms. The van der Waals surface area contributed by atoms with Crippen LogP contribution in [0.1, 0.15) is 5.69 Å². The van der Waals surface area contributed by atoms with E-state index in [1.165, 1.54) is 17.4 Å². The molecule has 0 amide bonds. The average molecular weight is 284 g/mol. The van der Waals surface area contributed by atoms with Crippen molar-refractivity contribution in [3.8, 4) is 0 Å². The minimum Gasteiger partial charge on any atom is -0.379 e. The van der Waals surface area contributed by atoms with Crippen molar-refractivity contribution in [1.82, 2.24) is 4.98 Å². The van der Waals surface area contributed by atoms with Crippen LogP contribution >= 0.6 is 22.9 Å². The second kappa shape index (κ2) is 5.79. The quantitative estimate of drug-likeness (QED) is 0.675. The second-order valence-electron chi connectivity index (χ2n) is 3.58. The summed E-state index contributed by atoms with van der Waals surface area (Å²) < 4.78 is 0. The van der Waals surface area contributed by atoms with E-state index in [1.54, 1.807) is 17.6 Å². The zero-order valence-corrected chi connectivity index (χ0v) is 10.9. The topological polar surface area (TPSA) is 68.1 Å². The van der Waals surface area contributed by atoms with Crippen LogP contribution in [0.2, 0.25) is 5.02 Å². The molecule has 2 aromatic rings. The van der Waals surface area contributed by atoms with E-state index in [0.717, 1.165) is 12.1 Å². The van der Waals surface area contributed by atoms with Crippen LogP contribution in [0, 0.1) is 10.1 Å². The molecule has 0 spiro atoms. The first-order valence-electron chi connectivity index (χ1n) is 5.21. The van der Waals surface area contributed by atoms with Gasteiger partial charge in [0.05, 0.1) is 16.1 Å². The molecule has 0 unspecified atom stereocenters. The molecular weight excluding hydrogens is 274 g/mol. The Hall–Kier alpha value is -1.66. The first-order chi connectivity index (χ1) is 8.66. The van der Waals surface area contributed by atoms with E-state index in [2.05, 4.69) is 10.3 Å². The number of halogens is 1. The van der Waals surface area contributed by atoms with E-state index in [-0.39, 0.29) is 5.69 Å². The Balaban J connectivity index is 2.02. The molecule has 0 atom stereocenters. The summed E-state index contributed by atoms with van der Waals surface area (Å²) in [4.78, 5) is 14.6. The molecule has 2 rings (SSSR count). The van der Waals surface area contributed by atoms with Gasteiger partial charge in [0.25, 0.3) is 5.69 Å². The largest absolute Gasteiger partial charge is 0.379 e. The maximum Gasteiger partial charge on any atom is 0.293 e. The van der Waals surface area contributed by atoms with E-state index in [4.69, 9.17) is 11.6 Å². The second-order valence-corrected chi connectivity index (χ2v) is 4.73. The first-order valence-corrected chi connectivity index (χ1v) is 6.54. The number of benzene rings is 1. The number of aromatic nitrogens is 1. The van der Waals surface area contributed by atoms with Gasteiger partial charge in [-0.15, -0.1) is 11.3 Å². The molecular formula is C11H10ClN3O2S. The summed E-state index contributed by atoms with van der Waals surface area (Å²) in [6.07, 6.45) is 0.725. The van der Waals surface area contributed by atoms with Crippen LogP contribution in [0.3, 0.4) is 0 Å². The zero-order valence-electron chi connectivity index (χ0n) is 9.30. The van der Waals surface area contributed by atoms with Crippen molar-refractivity contribution in [2.75, 3.05) is 11.9 Å². The van der Waals surface area contributed by atoms with Gasteiger partial charge in [-0.2, -0.15) is 0 Å². The molecule has 94 valence electrons. The molecule has 0 aliphatic heterocycles. The maximum absolute atomic E-state index is 10.9. The van der Waals surface area contributed by atoms with Gasteiger partial charge in [0.15, 0.2) is 0 Å². The van der Waals surface area contributed by atoms with Crippen LogP contribution < -0.4 is 5.32 Å². The maximum atomic E-state index is 10.9. The van der Waals surface area contributed by atoms with Gasteiger partial charge >= 0.3 is 0 Å². The van der Waals surface area contributed by atoms with Crippen LogP contribution in [0.15, 0.2) is 29.1 Å². The van der Waals surface area contributed by atoms with Gasteiger partial charge in [0.2, 0.25) is 0 Å². The number of nitrogens with zero attached hydrogens (tertiary/aromatic N) is 2. The lowest BCUT2D eigenvalue weighted by Crippen LogP contribution is -2.07. The summed E-state index contributed by atoms with van der Waals surface area (Å²) >= 11 is 7.27. The Morgan fingerprint density at radius 1 is 1.50 bits per heavy atom. The van der Waals surface area contributed by atoms with Crippen molar-refractivity contribution in [3.05, 3.63) is 49.9 Å². The molecule has 0 saturated heterocycles. The average Bonchev–Trinajstić information content (AvgIpc) is 2.84. The molecule has 1 aromatic carbocycles. The standard InChI is InChI=1S/C11H10ClN3O2S/c12-8-1-2-10(11(5-8)15(16)17)13-4-3-9-6-18-7-14-9/h1-2,5-7,13H,3-4H2. The number of hydrogen-bond acceptors (Lipinski definition) is 5. The Bertz CT molecular complexity index is 545. The number of nitro benzene ring substituents is 1. The van der Waals surface area contributed by atoms with Crippen molar-refractivity contribution in [2.24, 2.45) is 0 Å². The summed E-state index contributed by atoms with van der Waals surface area (Å²) in [5.41, 5.74) is 3.20. The lowest BCUT2D eigenvalue weighted by Gasteiger charge is -2.06. The highest BCUT2D eigenvalue weighted by molar-refractivity contribution is 7.07. The molecule has 0 saturated carbocycles. The van der Waals surface area contributed by atoms with Gasteiger partial charge in [-0.25, -0.2) is 4.98 Å². The van der Waals surface area contributed by atoms with Crippen LogP contribution in [-0.2, 0) is 6.42 Å². The molecule has 0 aliphatic rings. The highest BCUT2D eigenvalue weighted by atomic mass is 35.5. The normalized spacial score (nSPS) is 10.3. The number of hydrogen-bond donors (Lipinski definition) is 1. The molecule has 0 aliphatic carbocycles. The third-order valence-corrected chi connectivity index (χ3v) is 3.21. The van der Waals surface area contributed by atoms with Gasteiger partial charge in [0, 0.05) is 29.4 Å². The molecule has 1 N–H and O–H groups in total. The smallest absolute Gasteiger partial charge is 0.293 e. The molecule has 18 heavy (non-hydrogen) atoms. The number of rotatable bonds is 5. The summed E-state index contributed by atoms with van der Waals surface area (Å²) in [6, 6.07) is 4.58. The number of nitro groups is 1. The van der Waals surface area contributed by atoms with Crippen LogP contribution in [0.5, 0.6) is 0 Å². The van der Waals surface area contributed by atoms with E-state index >= 15 is 0 Å². The molecule has 5 nitrogen and oxygen atoms in total. The van der Waals surface area contributed by atoms with E-state index in [1.807, 2.05) is 5.38 Å². The number of thiazole rings is 1. The van der Waals surface area contributed by atoms with Crippen LogP contribution in [0.4, 0.5) is 11.4 Å². The van der Waals surface area contributed by atoms with Crippen molar-refractivity contribution in [2.45, 2.75) is 6.42 Å². The molecule has 1 heterocycles. The first kappa shape index (κ1) is 12.8. The van der Waals surface area contributed by atoms with Crippen molar-refractivity contribution < 1.29 is 4.92 Å². The third kappa shape index (κ3) is 3.18. The van der Waals surface area contributed by atoms with E-state index in [9.17, 15) is 10.1 Å². The number of nitrogens with one attached hydrogen (secondary N) is 1. The minimum absolute atomic E-state index is 0.0132. The predicted octanol–water partition coefficient (Wildman–Crippen LogP) is 3.36. The fourth-order valence-electron chi connectivity index (χ4n) is 1.49. The summed E-state index contributed by atoms with van der Waals surface area (Å²) in [6.45, 7) is 0.589. The van der Waals surface area contributed by atoms with Gasteiger partial charge in [-0.3, -0.25) is 10.1 Å². The fourth-order valence-corrected chi connectivity index (χ4v) is 2.25. The summed E-state index contributed by atoms with van der Waals surface area (Å²) in [5.74, 6) is 0. The fraction of sp³-hybridized carbons (Fsp3) is 0.182. The van der Waals surface area contributed by atoms with Crippen molar-refractivity contribution >= 4 is 34.3 Å². The van der Waals surface area contributed by atoms with Crippen LogP contribution in [-0.4, -0.2) is 16.5 Å². The Morgan fingerprint density at radius 3 is 3.00 bits per heavy atom. The summed E-state index contributed by atoms with van der Waals surface area (Å²) in [7, 11) is 0. The zero-order chi connectivity index (χ0) is 13.0. The minimum atomic E-state index is -0.447. The highest BCUT2D eigenvalue weighted by Crippen LogP contribution is 2.27. The lowest BCUT2D eigenvalue weighted by molar-refractivity contribution is -0.383. The van der Waals surface area contributed by atoms with Crippen LogP contribution in [0.25, 0.3) is 0 Å². The van der Waals surface area contributed by atoms with E-state index in [0.29, 0.717) is 17.3 Å². The van der Waals surface area contributed by atoms with Gasteiger partial charge in [0.1, 0.15) is 5.69 Å². The summed E-state index contributed by atoms with van der Waals surface area (Å²) in [5, 5.41) is 16.2. The lowest BCUT2D eigenvalue weighted by atomic mass is 10.2. The number of anilines is 1.